The van der Waals surface area contributed by atoms with Crippen molar-refractivity contribution in [1.82, 2.24) is 30.1 Å². The van der Waals surface area contributed by atoms with Crippen LogP contribution in [0.5, 0.6) is 0 Å². The largest absolute Gasteiger partial charge is 0.382 e. The number of halogens is 2. The lowest BCUT2D eigenvalue weighted by molar-refractivity contribution is 0.628. The molecule has 36 heavy (non-hydrogen) atoms. The van der Waals surface area contributed by atoms with Crippen molar-refractivity contribution in [2.75, 3.05) is 5.32 Å². The SMILES string of the molecule is CC(C)Nc1cncc(-c2cc3c(-c4nc5c(-c6cccc(F)c6)nccc5[nH]4)n[nH]c3cc2F)c1. The fourth-order valence-corrected chi connectivity index (χ4v) is 4.33. The Labute approximate surface area is 204 Å². The van der Waals surface area contributed by atoms with Crippen LogP contribution in [0.15, 0.2) is 67.1 Å². The molecule has 0 amide bonds. The summed E-state index contributed by atoms with van der Waals surface area (Å²) >= 11 is 0. The third kappa shape index (κ3) is 3.84. The average Bonchev–Trinajstić information content (AvgIpc) is 3.46. The van der Waals surface area contributed by atoms with Gasteiger partial charge in [0.1, 0.15) is 22.8 Å². The molecule has 7 nitrogen and oxygen atoms in total. The van der Waals surface area contributed by atoms with Crippen LogP contribution >= 0.6 is 0 Å². The van der Waals surface area contributed by atoms with Gasteiger partial charge < -0.3 is 10.3 Å². The average molecular weight is 482 g/mol. The molecule has 0 fully saturated rings. The van der Waals surface area contributed by atoms with Crippen LogP contribution in [0.4, 0.5) is 14.5 Å². The van der Waals surface area contributed by atoms with Gasteiger partial charge in [0.15, 0.2) is 5.82 Å². The van der Waals surface area contributed by atoms with Crippen molar-refractivity contribution in [3.05, 3.63) is 78.8 Å². The van der Waals surface area contributed by atoms with Gasteiger partial charge in [-0.05, 0) is 44.2 Å². The first-order valence-electron chi connectivity index (χ1n) is 11.5. The monoisotopic (exact) mass is 481 g/mol. The second-order valence-electron chi connectivity index (χ2n) is 8.86. The maximum Gasteiger partial charge on any atom is 0.159 e. The van der Waals surface area contributed by atoms with Crippen molar-refractivity contribution in [2.24, 2.45) is 0 Å². The van der Waals surface area contributed by atoms with Crippen LogP contribution in [0.1, 0.15) is 13.8 Å². The van der Waals surface area contributed by atoms with E-state index in [-0.39, 0.29) is 17.7 Å². The normalized spacial score (nSPS) is 11.6. The van der Waals surface area contributed by atoms with E-state index < -0.39 is 0 Å². The quantitative estimate of drug-likeness (QED) is 0.268. The Morgan fingerprint density at radius 3 is 2.64 bits per heavy atom. The van der Waals surface area contributed by atoms with Crippen LogP contribution in [0.3, 0.4) is 0 Å². The summed E-state index contributed by atoms with van der Waals surface area (Å²) in [7, 11) is 0. The highest BCUT2D eigenvalue weighted by Crippen LogP contribution is 2.34. The van der Waals surface area contributed by atoms with Crippen molar-refractivity contribution >= 4 is 27.6 Å². The van der Waals surface area contributed by atoms with E-state index in [9.17, 15) is 4.39 Å². The number of aromatic nitrogens is 6. The minimum absolute atomic E-state index is 0.217. The Morgan fingerprint density at radius 1 is 0.917 bits per heavy atom. The number of H-pyrrole nitrogens is 2. The Bertz CT molecular complexity index is 1740. The number of pyridine rings is 2. The summed E-state index contributed by atoms with van der Waals surface area (Å²) in [5, 5.41) is 11.3. The van der Waals surface area contributed by atoms with Crippen LogP contribution in [0, 0.1) is 11.6 Å². The number of fused-ring (bicyclic) bond motifs is 2. The molecule has 3 N–H and O–H groups in total. The van der Waals surface area contributed by atoms with E-state index in [1.165, 1.54) is 18.2 Å². The van der Waals surface area contributed by atoms with Crippen molar-refractivity contribution in [3.8, 4) is 33.9 Å². The molecule has 4 heterocycles. The van der Waals surface area contributed by atoms with Crippen LogP contribution < -0.4 is 5.32 Å². The van der Waals surface area contributed by atoms with Gasteiger partial charge in [-0.1, -0.05) is 12.1 Å². The summed E-state index contributed by atoms with van der Waals surface area (Å²) in [6.07, 6.45) is 4.99. The number of aromatic amines is 2. The highest BCUT2D eigenvalue weighted by atomic mass is 19.1. The zero-order chi connectivity index (χ0) is 24.8. The molecule has 0 aliphatic rings. The van der Waals surface area contributed by atoms with Gasteiger partial charge >= 0.3 is 0 Å². The molecule has 2 aromatic carbocycles. The Kier molecular flexibility index (Phi) is 5.18. The molecule has 6 rings (SSSR count). The molecule has 0 unspecified atom stereocenters. The van der Waals surface area contributed by atoms with Crippen LogP contribution in [0.25, 0.3) is 55.8 Å². The maximum atomic E-state index is 15.1. The summed E-state index contributed by atoms with van der Waals surface area (Å²) in [5.74, 6) is -0.242. The fourth-order valence-electron chi connectivity index (χ4n) is 4.33. The standard InChI is InChI=1S/C27H21F2N7/c1-14(2)32-18-9-16(12-30-13-18)19-10-20-23(11-21(19)29)35-36-25(20)27-33-22-6-7-31-24(26(22)34-27)15-4-3-5-17(28)8-15/h3-14,32H,1-2H3,(H,33,34)(H,35,36). The molecular formula is C27H21F2N7. The second kappa shape index (κ2) is 8.53. The van der Waals surface area contributed by atoms with E-state index >= 15 is 4.39 Å². The molecule has 0 radical (unpaired) electrons. The van der Waals surface area contributed by atoms with Gasteiger partial charge in [0.05, 0.1) is 22.4 Å². The smallest absolute Gasteiger partial charge is 0.159 e. The predicted octanol–water partition coefficient (Wildman–Crippen LogP) is 6.33. The molecule has 0 saturated carbocycles. The van der Waals surface area contributed by atoms with E-state index in [1.807, 2.05) is 19.9 Å². The van der Waals surface area contributed by atoms with Crippen molar-refractivity contribution in [3.63, 3.8) is 0 Å². The van der Waals surface area contributed by atoms with Gasteiger partial charge in [-0.2, -0.15) is 5.10 Å². The first kappa shape index (κ1) is 21.8. The topological polar surface area (TPSA) is 95.2 Å². The molecule has 0 atom stereocenters. The van der Waals surface area contributed by atoms with Gasteiger partial charge in [0.25, 0.3) is 0 Å². The molecule has 9 heteroatoms. The number of hydrogen-bond acceptors (Lipinski definition) is 5. The lowest BCUT2D eigenvalue weighted by atomic mass is 10.0. The Hall–Kier alpha value is -4.66. The molecule has 0 aliphatic heterocycles. The van der Waals surface area contributed by atoms with Gasteiger partial charge in [-0.15, -0.1) is 0 Å². The third-order valence-corrected chi connectivity index (χ3v) is 5.88. The summed E-state index contributed by atoms with van der Waals surface area (Å²) in [5.41, 5.74) is 5.44. The van der Waals surface area contributed by atoms with Crippen molar-refractivity contribution in [1.29, 1.82) is 0 Å². The summed E-state index contributed by atoms with van der Waals surface area (Å²) in [6.45, 7) is 4.05. The highest BCUT2D eigenvalue weighted by molar-refractivity contribution is 5.97. The predicted molar refractivity (Wildman–Crippen MR) is 136 cm³/mol. The zero-order valence-corrected chi connectivity index (χ0v) is 19.5. The fraction of sp³-hybridized carbons (Fsp3) is 0.111. The van der Waals surface area contributed by atoms with Crippen molar-refractivity contribution < 1.29 is 8.78 Å². The molecule has 6 aromatic rings. The maximum absolute atomic E-state index is 15.1. The lowest BCUT2D eigenvalue weighted by Crippen LogP contribution is -2.09. The second-order valence-corrected chi connectivity index (χ2v) is 8.86. The number of hydrogen-bond donors (Lipinski definition) is 3. The number of benzene rings is 2. The van der Waals surface area contributed by atoms with Crippen LogP contribution in [0.2, 0.25) is 0 Å². The number of nitrogens with one attached hydrogen (secondary N) is 3. The van der Waals surface area contributed by atoms with Crippen molar-refractivity contribution in [2.45, 2.75) is 19.9 Å². The molecule has 0 aliphatic carbocycles. The van der Waals surface area contributed by atoms with E-state index in [0.717, 1.165) is 11.2 Å². The summed E-state index contributed by atoms with van der Waals surface area (Å²) in [4.78, 5) is 16.7. The minimum Gasteiger partial charge on any atom is -0.382 e. The molecule has 0 bridgehead atoms. The first-order valence-corrected chi connectivity index (χ1v) is 11.5. The van der Waals surface area contributed by atoms with Gasteiger partial charge in [0, 0.05) is 52.8 Å². The molecule has 178 valence electrons. The zero-order valence-electron chi connectivity index (χ0n) is 19.5. The molecule has 4 aromatic heterocycles. The Morgan fingerprint density at radius 2 is 1.81 bits per heavy atom. The van der Waals surface area contributed by atoms with E-state index in [4.69, 9.17) is 4.98 Å². The third-order valence-electron chi connectivity index (χ3n) is 5.88. The van der Waals surface area contributed by atoms with Crippen LogP contribution in [-0.4, -0.2) is 36.2 Å². The number of imidazole rings is 1. The minimum atomic E-state index is -0.386. The lowest BCUT2D eigenvalue weighted by Gasteiger charge is -2.11. The summed E-state index contributed by atoms with van der Waals surface area (Å²) < 4.78 is 28.9. The summed E-state index contributed by atoms with van der Waals surface area (Å²) in [6, 6.07) is 13.3. The Balaban J connectivity index is 1.48. The molecule has 0 saturated heterocycles. The van der Waals surface area contributed by atoms with Gasteiger partial charge in [0.2, 0.25) is 0 Å². The van der Waals surface area contributed by atoms with E-state index in [2.05, 4.69) is 30.5 Å². The molecular weight excluding hydrogens is 460 g/mol. The number of nitrogens with zero attached hydrogens (tertiary/aromatic N) is 4. The first-order chi connectivity index (χ1) is 17.5. The van der Waals surface area contributed by atoms with E-state index in [0.29, 0.717) is 50.3 Å². The highest BCUT2D eigenvalue weighted by Gasteiger charge is 2.18. The van der Waals surface area contributed by atoms with Gasteiger partial charge in [-0.3, -0.25) is 15.1 Å². The number of rotatable bonds is 5. The van der Waals surface area contributed by atoms with Crippen LogP contribution in [-0.2, 0) is 0 Å². The molecule has 0 spiro atoms. The number of anilines is 1. The van der Waals surface area contributed by atoms with Gasteiger partial charge in [-0.25, -0.2) is 13.8 Å². The van der Waals surface area contributed by atoms with E-state index in [1.54, 1.807) is 42.9 Å².